The fourth-order valence-electron chi connectivity index (χ4n) is 2.52. The Kier molecular flexibility index (Phi) is 8.04. The Morgan fingerprint density at radius 2 is 2.00 bits per heavy atom. The molecule has 0 aromatic heterocycles. The number of methoxy groups -OCH3 is 1. The van der Waals surface area contributed by atoms with Gasteiger partial charge in [0.05, 0.1) is 25.3 Å². The minimum Gasteiger partial charge on any atom is -0.495 e. The lowest BCUT2D eigenvalue weighted by Gasteiger charge is -2.12. The van der Waals surface area contributed by atoms with Crippen LogP contribution in [0.4, 0.5) is 5.69 Å². The number of hydrogen-bond donors (Lipinski definition) is 2. The Bertz CT molecular complexity index is 810. The molecule has 146 valence electrons. The molecule has 0 unspecified atom stereocenters. The molecule has 5 nitrogen and oxygen atoms in total. The van der Waals surface area contributed by atoms with Crippen LogP contribution in [0.2, 0.25) is 5.02 Å². The molecule has 7 heteroatoms. The van der Waals surface area contributed by atoms with Crippen molar-refractivity contribution < 1.29 is 9.47 Å². The molecule has 0 amide bonds. The first-order chi connectivity index (χ1) is 12.5. The standard InChI is InChI=1S/C20H24ClN3O2.HI/c1-13-3-6-15(19(9-13)26-12-14-4-5-14)11-23-20(22)24-16-7-8-18(25-2)17(21)10-16;/h3,6-10,14H,4-5,11-12H2,1-2H3,(H3,22,23,24);1H. The molecule has 0 bridgehead atoms. The van der Waals surface area contributed by atoms with Gasteiger partial charge in [-0.3, -0.25) is 0 Å². The molecule has 1 saturated carbocycles. The van der Waals surface area contributed by atoms with Gasteiger partial charge in [-0.2, -0.15) is 0 Å². The summed E-state index contributed by atoms with van der Waals surface area (Å²) in [6, 6.07) is 11.5. The van der Waals surface area contributed by atoms with Crippen LogP contribution >= 0.6 is 35.6 Å². The number of aliphatic imine (C=N–C) groups is 1. The number of nitrogens with two attached hydrogens (primary N) is 1. The summed E-state index contributed by atoms with van der Waals surface area (Å²) in [5.74, 6) is 2.53. The molecule has 2 aromatic carbocycles. The summed E-state index contributed by atoms with van der Waals surface area (Å²) in [4.78, 5) is 4.42. The van der Waals surface area contributed by atoms with Crippen LogP contribution in [0.3, 0.4) is 0 Å². The highest BCUT2D eigenvalue weighted by atomic mass is 127. The van der Waals surface area contributed by atoms with E-state index < -0.39 is 0 Å². The van der Waals surface area contributed by atoms with Crippen LogP contribution in [-0.4, -0.2) is 19.7 Å². The van der Waals surface area contributed by atoms with Crippen molar-refractivity contribution in [3.63, 3.8) is 0 Å². The van der Waals surface area contributed by atoms with E-state index in [1.54, 1.807) is 19.2 Å². The monoisotopic (exact) mass is 501 g/mol. The molecule has 27 heavy (non-hydrogen) atoms. The van der Waals surface area contributed by atoms with Crippen LogP contribution in [0.1, 0.15) is 24.0 Å². The Hall–Kier alpha value is -1.67. The molecular weight excluding hydrogens is 477 g/mol. The second kappa shape index (κ2) is 10.0. The number of benzene rings is 2. The SMILES string of the molecule is COc1ccc(NC(N)=NCc2ccc(C)cc2OCC2CC2)cc1Cl.I. The normalized spacial score (nSPS) is 13.7. The lowest BCUT2D eigenvalue weighted by molar-refractivity contribution is 0.296. The smallest absolute Gasteiger partial charge is 0.193 e. The molecule has 3 N–H and O–H groups in total. The summed E-state index contributed by atoms with van der Waals surface area (Å²) in [6.45, 7) is 3.28. The molecule has 0 saturated heterocycles. The third-order valence-electron chi connectivity index (χ3n) is 4.24. The van der Waals surface area contributed by atoms with Gasteiger partial charge in [0.2, 0.25) is 0 Å². The summed E-state index contributed by atoms with van der Waals surface area (Å²) in [7, 11) is 1.58. The quantitative estimate of drug-likeness (QED) is 0.319. The number of nitrogens with zero attached hydrogens (tertiary/aromatic N) is 1. The lowest BCUT2D eigenvalue weighted by Crippen LogP contribution is -2.22. The van der Waals surface area contributed by atoms with Gasteiger partial charge in [0.1, 0.15) is 11.5 Å². The van der Waals surface area contributed by atoms with Crippen LogP contribution < -0.4 is 20.5 Å². The van der Waals surface area contributed by atoms with Crippen molar-refractivity contribution in [1.82, 2.24) is 0 Å². The second-order valence-electron chi connectivity index (χ2n) is 6.54. The van der Waals surface area contributed by atoms with E-state index in [1.165, 1.54) is 18.4 Å². The maximum absolute atomic E-state index is 6.12. The van der Waals surface area contributed by atoms with Gasteiger partial charge < -0.3 is 20.5 Å². The third-order valence-corrected chi connectivity index (χ3v) is 4.53. The van der Waals surface area contributed by atoms with E-state index in [0.29, 0.717) is 29.2 Å². The number of guanidine groups is 1. The van der Waals surface area contributed by atoms with E-state index in [2.05, 4.69) is 29.4 Å². The van der Waals surface area contributed by atoms with Gasteiger partial charge in [-0.05, 0) is 55.5 Å². The van der Waals surface area contributed by atoms with E-state index in [-0.39, 0.29) is 24.0 Å². The second-order valence-corrected chi connectivity index (χ2v) is 6.95. The van der Waals surface area contributed by atoms with Crippen molar-refractivity contribution >= 4 is 47.2 Å². The Morgan fingerprint density at radius 3 is 2.67 bits per heavy atom. The minimum atomic E-state index is 0. The van der Waals surface area contributed by atoms with Crippen LogP contribution in [0.15, 0.2) is 41.4 Å². The topological polar surface area (TPSA) is 68.9 Å². The van der Waals surface area contributed by atoms with E-state index in [1.807, 2.05) is 12.1 Å². The molecule has 0 heterocycles. The molecule has 0 spiro atoms. The number of aryl methyl sites for hydroxylation is 1. The van der Waals surface area contributed by atoms with Crippen LogP contribution in [-0.2, 0) is 6.54 Å². The van der Waals surface area contributed by atoms with Gasteiger partial charge in [-0.25, -0.2) is 4.99 Å². The first-order valence-electron chi connectivity index (χ1n) is 8.68. The molecule has 1 aliphatic carbocycles. The maximum atomic E-state index is 6.12. The average molecular weight is 502 g/mol. The van der Waals surface area contributed by atoms with Gasteiger partial charge in [0.15, 0.2) is 5.96 Å². The van der Waals surface area contributed by atoms with Crippen molar-refractivity contribution in [3.8, 4) is 11.5 Å². The van der Waals surface area contributed by atoms with Crippen molar-refractivity contribution in [3.05, 3.63) is 52.5 Å². The Balaban J connectivity index is 0.00000261. The van der Waals surface area contributed by atoms with Gasteiger partial charge in [0.25, 0.3) is 0 Å². The fraction of sp³-hybridized carbons (Fsp3) is 0.350. The van der Waals surface area contributed by atoms with Crippen molar-refractivity contribution in [1.29, 1.82) is 0 Å². The summed E-state index contributed by atoms with van der Waals surface area (Å²) in [6.07, 6.45) is 2.53. The molecule has 0 atom stereocenters. The number of rotatable bonds is 7. The number of nitrogens with one attached hydrogen (secondary N) is 1. The Morgan fingerprint density at radius 1 is 1.22 bits per heavy atom. The van der Waals surface area contributed by atoms with E-state index >= 15 is 0 Å². The predicted molar refractivity (Wildman–Crippen MR) is 122 cm³/mol. The summed E-state index contributed by atoms with van der Waals surface area (Å²) in [5, 5.41) is 3.56. The molecule has 2 aromatic rings. The number of halogens is 2. The van der Waals surface area contributed by atoms with E-state index in [4.69, 9.17) is 26.8 Å². The highest BCUT2D eigenvalue weighted by Crippen LogP contribution is 2.31. The van der Waals surface area contributed by atoms with Crippen molar-refractivity contribution in [2.24, 2.45) is 16.6 Å². The largest absolute Gasteiger partial charge is 0.495 e. The van der Waals surface area contributed by atoms with Crippen LogP contribution in [0, 0.1) is 12.8 Å². The molecule has 3 rings (SSSR count). The summed E-state index contributed by atoms with van der Waals surface area (Å²) >= 11 is 6.12. The van der Waals surface area contributed by atoms with Gasteiger partial charge >= 0.3 is 0 Å². The van der Waals surface area contributed by atoms with Gasteiger partial charge in [-0.15, -0.1) is 24.0 Å². The molecular formula is C20H25ClIN3O2. The van der Waals surface area contributed by atoms with Crippen LogP contribution in [0.5, 0.6) is 11.5 Å². The van der Waals surface area contributed by atoms with Gasteiger partial charge in [0, 0.05) is 11.3 Å². The van der Waals surface area contributed by atoms with Gasteiger partial charge in [-0.1, -0.05) is 23.7 Å². The number of anilines is 1. The summed E-state index contributed by atoms with van der Waals surface area (Å²) in [5.41, 5.74) is 8.96. The van der Waals surface area contributed by atoms with Crippen molar-refractivity contribution in [2.45, 2.75) is 26.3 Å². The highest BCUT2D eigenvalue weighted by Gasteiger charge is 2.22. The fourth-order valence-corrected chi connectivity index (χ4v) is 2.78. The zero-order valence-corrected chi connectivity index (χ0v) is 18.6. The van der Waals surface area contributed by atoms with Crippen LogP contribution in [0.25, 0.3) is 0 Å². The zero-order chi connectivity index (χ0) is 18.5. The molecule has 1 fully saturated rings. The maximum Gasteiger partial charge on any atom is 0.193 e. The average Bonchev–Trinajstić information content (AvgIpc) is 3.43. The highest BCUT2D eigenvalue weighted by molar-refractivity contribution is 14.0. The predicted octanol–water partition coefficient (Wildman–Crippen LogP) is 4.99. The lowest BCUT2D eigenvalue weighted by atomic mass is 10.1. The Labute approximate surface area is 182 Å². The molecule has 0 aliphatic heterocycles. The zero-order valence-electron chi connectivity index (χ0n) is 15.5. The number of ether oxygens (including phenoxy) is 2. The third kappa shape index (κ3) is 6.46. The first kappa shape index (κ1) is 21.6. The van der Waals surface area contributed by atoms with E-state index in [0.717, 1.165) is 23.6 Å². The number of hydrogen-bond acceptors (Lipinski definition) is 3. The van der Waals surface area contributed by atoms with E-state index in [9.17, 15) is 0 Å². The molecule has 1 aliphatic rings. The van der Waals surface area contributed by atoms with Crippen molar-refractivity contribution in [2.75, 3.05) is 19.0 Å². The minimum absolute atomic E-state index is 0. The first-order valence-corrected chi connectivity index (χ1v) is 9.05. The summed E-state index contributed by atoms with van der Waals surface area (Å²) < 4.78 is 11.1. The molecule has 0 radical (unpaired) electrons.